The minimum atomic E-state index is 0.195. The zero-order chi connectivity index (χ0) is 14.5. The third-order valence-corrected chi connectivity index (χ3v) is 4.42. The Balaban J connectivity index is 1.54. The molecule has 0 aromatic carbocycles. The lowest BCUT2D eigenvalue weighted by Crippen LogP contribution is -2.52. The van der Waals surface area contributed by atoms with Gasteiger partial charge in [0.25, 0.3) is 0 Å². The highest BCUT2D eigenvalue weighted by atomic mass is 16.5. The van der Waals surface area contributed by atoms with E-state index < -0.39 is 0 Å². The third kappa shape index (κ3) is 3.61. The fourth-order valence-corrected chi connectivity index (χ4v) is 3.34. The second-order valence-corrected chi connectivity index (χ2v) is 5.72. The summed E-state index contributed by atoms with van der Waals surface area (Å²) in [5, 5.41) is 0. The number of rotatable bonds is 6. The molecule has 2 fully saturated rings. The molecular weight excluding hydrogens is 268 g/mol. The maximum atomic E-state index is 6.09. The molecule has 0 radical (unpaired) electrons. The Morgan fingerprint density at radius 2 is 2.38 bits per heavy atom. The molecule has 0 spiro atoms. The smallest absolute Gasteiger partial charge is 0.0992 e. The van der Waals surface area contributed by atoms with Crippen LogP contribution in [0, 0.1) is 0 Å². The van der Waals surface area contributed by atoms with Crippen LogP contribution in [0.2, 0.25) is 0 Å². The minimum Gasteiger partial charge on any atom is -0.383 e. The molecule has 1 aliphatic heterocycles. The van der Waals surface area contributed by atoms with Gasteiger partial charge in [-0.25, -0.2) is 0 Å². The van der Waals surface area contributed by atoms with Gasteiger partial charge in [-0.05, 0) is 24.5 Å². The first-order valence-corrected chi connectivity index (χ1v) is 7.73. The van der Waals surface area contributed by atoms with Crippen molar-refractivity contribution in [3.63, 3.8) is 0 Å². The Labute approximate surface area is 126 Å². The SMILES string of the molecule is COCCN1CCO[C@@H]2[C@@H](OCc3cccnc3)CC[C@@H]21. The first-order valence-electron chi connectivity index (χ1n) is 7.73. The predicted octanol–water partition coefficient (Wildman–Crippen LogP) is 1.48. The van der Waals surface area contributed by atoms with Crippen LogP contribution in [0.25, 0.3) is 0 Å². The Hall–Kier alpha value is -1.01. The van der Waals surface area contributed by atoms with Gasteiger partial charge in [-0.15, -0.1) is 0 Å². The second-order valence-electron chi connectivity index (χ2n) is 5.72. The lowest BCUT2D eigenvalue weighted by atomic mass is 10.1. The van der Waals surface area contributed by atoms with Gasteiger partial charge in [0.05, 0.1) is 32.0 Å². The standard InChI is InChI=1S/C16H24N2O3/c1-19-9-7-18-8-10-20-16-14(18)4-5-15(16)21-12-13-3-2-6-17-11-13/h2-3,6,11,14-16H,4-5,7-10,12H2,1H3/t14-,15-,16-/m0/s1. The monoisotopic (exact) mass is 292 g/mol. The van der Waals surface area contributed by atoms with Gasteiger partial charge in [-0.1, -0.05) is 6.07 Å². The molecule has 3 rings (SSSR count). The van der Waals surface area contributed by atoms with E-state index >= 15 is 0 Å². The molecule has 0 N–H and O–H groups in total. The molecule has 116 valence electrons. The summed E-state index contributed by atoms with van der Waals surface area (Å²) in [5.41, 5.74) is 1.12. The number of fused-ring (bicyclic) bond motifs is 1. The van der Waals surface area contributed by atoms with Crippen molar-refractivity contribution >= 4 is 0 Å². The Bertz CT molecular complexity index is 429. The van der Waals surface area contributed by atoms with Crippen LogP contribution in [0.5, 0.6) is 0 Å². The van der Waals surface area contributed by atoms with Crippen molar-refractivity contribution in [3.8, 4) is 0 Å². The molecule has 1 aliphatic carbocycles. The van der Waals surface area contributed by atoms with Crippen molar-refractivity contribution in [2.45, 2.75) is 37.7 Å². The molecular formula is C16H24N2O3. The van der Waals surface area contributed by atoms with Crippen molar-refractivity contribution in [1.29, 1.82) is 0 Å². The van der Waals surface area contributed by atoms with Crippen molar-refractivity contribution in [2.24, 2.45) is 0 Å². The predicted molar refractivity (Wildman–Crippen MR) is 79.0 cm³/mol. The molecule has 1 aromatic heterocycles. The molecule has 1 saturated heterocycles. The van der Waals surface area contributed by atoms with Crippen LogP contribution < -0.4 is 0 Å². The fraction of sp³-hybridized carbons (Fsp3) is 0.688. The highest BCUT2D eigenvalue weighted by Gasteiger charge is 2.43. The average molecular weight is 292 g/mol. The summed E-state index contributed by atoms with van der Waals surface area (Å²) in [7, 11) is 1.76. The van der Waals surface area contributed by atoms with Crippen LogP contribution in [0.3, 0.4) is 0 Å². The van der Waals surface area contributed by atoms with E-state index in [2.05, 4.69) is 9.88 Å². The number of hydrogen-bond donors (Lipinski definition) is 0. The Morgan fingerprint density at radius 1 is 1.43 bits per heavy atom. The van der Waals surface area contributed by atoms with Crippen LogP contribution in [-0.2, 0) is 20.8 Å². The van der Waals surface area contributed by atoms with Crippen LogP contribution in [0.1, 0.15) is 18.4 Å². The van der Waals surface area contributed by atoms with Crippen molar-refractivity contribution in [2.75, 3.05) is 33.4 Å². The van der Waals surface area contributed by atoms with E-state index in [0.29, 0.717) is 12.6 Å². The van der Waals surface area contributed by atoms with E-state index in [0.717, 1.165) is 44.7 Å². The highest BCUT2D eigenvalue weighted by Crippen LogP contribution is 2.32. The fourth-order valence-electron chi connectivity index (χ4n) is 3.34. The highest BCUT2D eigenvalue weighted by molar-refractivity contribution is 5.07. The van der Waals surface area contributed by atoms with E-state index in [-0.39, 0.29) is 12.2 Å². The van der Waals surface area contributed by atoms with Gasteiger partial charge in [-0.2, -0.15) is 0 Å². The zero-order valence-corrected chi connectivity index (χ0v) is 12.6. The van der Waals surface area contributed by atoms with Gasteiger partial charge in [0.15, 0.2) is 0 Å². The summed E-state index contributed by atoms with van der Waals surface area (Å²) in [4.78, 5) is 6.61. The number of morpholine rings is 1. The zero-order valence-electron chi connectivity index (χ0n) is 12.6. The van der Waals surface area contributed by atoms with Crippen LogP contribution in [-0.4, -0.2) is 61.5 Å². The maximum absolute atomic E-state index is 6.09. The molecule has 2 heterocycles. The van der Waals surface area contributed by atoms with Gasteiger partial charge < -0.3 is 14.2 Å². The molecule has 2 aliphatic rings. The van der Waals surface area contributed by atoms with Crippen molar-refractivity contribution in [1.82, 2.24) is 9.88 Å². The Kier molecular flexibility index (Phi) is 5.19. The summed E-state index contributed by atoms with van der Waals surface area (Å²) in [6, 6.07) is 4.47. The van der Waals surface area contributed by atoms with Crippen LogP contribution in [0.15, 0.2) is 24.5 Å². The summed E-state index contributed by atoms with van der Waals surface area (Å²) in [5.74, 6) is 0. The van der Waals surface area contributed by atoms with Gasteiger partial charge >= 0.3 is 0 Å². The number of pyridine rings is 1. The molecule has 5 nitrogen and oxygen atoms in total. The third-order valence-electron chi connectivity index (χ3n) is 4.42. The first kappa shape index (κ1) is 14.9. The van der Waals surface area contributed by atoms with Gasteiger partial charge in [-0.3, -0.25) is 9.88 Å². The second kappa shape index (κ2) is 7.31. The lowest BCUT2D eigenvalue weighted by molar-refractivity contribution is -0.118. The van der Waals surface area contributed by atoms with Gasteiger partial charge in [0.2, 0.25) is 0 Å². The van der Waals surface area contributed by atoms with E-state index in [9.17, 15) is 0 Å². The van der Waals surface area contributed by atoms with Crippen LogP contribution in [0.4, 0.5) is 0 Å². The normalized spacial score (nSPS) is 29.5. The van der Waals surface area contributed by atoms with E-state index in [1.165, 1.54) is 0 Å². The number of aromatic nitrogens is 1. The molecule has 0 amide bonds. The first-order chi connectivity index (χ1) is 10.4. The molecule has 1 aromatic rings. The van der Waals surface area contributed by atoms with E-state index in [1.54, 1.807) is 13.3 Å². The summed E-state index contributed by atoms with van der Waals surface area (Å²) < 4.78 is 17.3. The van der Waals surface area contributed by atoms with Crippen molar-refractivity contribution < 1.29 is 14.2 Å². The topological polar surface area (TPSA) is 43.8 Å². The molecule has 0 unspecified atom stereocenters. The van der Waals surface area contributed by atoms with Gasteiger partial charge in [0.1, 0.15) is 0 Å². The largest absolute Gasteiger partial charge is 0.383 e. The summed E-state index contributed by atoms with van der Waals surface area (Å²) in [6.45, 7) is 4.17. The molecule has 1 saturated carbocycles. The van der Waals surface area contributed by atoms with E-state index in [4.69, 9.17) is 14.2 Å². The number of ether oxygens (including phenoxy) is 3. The molecule has 5 heteroatoms. The number of methoxy groups -OCH3 is 1. The van der Waals surface area contributed by atoms with Crippen LogP contribution >= 0.6 is 0 Å². The van der Waals surface area contributed by atoms with Gasteiger partial charge in [0, 0.05) is 38.6 Å². The lowest BCUT2D eigenvalue weighted by Gasteiger charge is -2.38. The molecule has 0 bridgehead atoms. The summed E-state index contributed by atoms with van der Waals surface area (Å²) in [6.07, 6.45) is 6.25. The number of hydrogen-bond acceptors (Lipinski definition) is 5. The van der Waals surface area contributed by atoms with Crippen molar-refractivity contribution in [3.05, 3.63) is 30.1 Å². The quantitative estimate of drug-likeness (QED) is 0.794. The summed E-state index contributed by atoms with van der Waals surface area (Å²) >= 11 is 0. The van der Waals surface area contributed by atoms with E-state index in [1.807, 2.05) is 18.3 Å². The maximum Gasteiger partial charge on any atom is 0.0992 e. The Morgan fingerprint density at radius 3 is 3.19 bits per heavy atom. The minimum absolute atomic E-state index is 0.195. The molecule has 21 heavy (non-hydrogen) atoms. The molecule has 3 atom stereocenters. The average Bonchev–Trinajstić information content (AvgIpc) is 2.96. The number of nitrogens with zero attached hydrogens (tertiary/aromatic N) is 2.